The Hall–Kier alpha value is -1.82. The molecule has 2 unspecified atom stereocenters. The monoisotopic (exact) mass is 294 g/mol. The number of nitrogens with zero attached hydrogens (tertiary/aromatic N) is 1. The standard InChI is InChI=1S/C15H22N2O4/c1-11-6-8-17(12(11)10-18)14(19)5-2-7-16-15(20)13-4-3-9-21-13/h3-4,9,11-12,18H,2,5-8,10H2,1H3,(H,16,20). The van der Waals surface area contributed by atoms with Crippen LogP contribution in [0.25, 0.3) is 0 Å². The number of aliphatic hydroxyl groups excluding tert-OH is 1. The first-order chi connectivity index (χ1) is 10.1. The average Bonchev–Trinajstić information content (AvgIpc) is 3.12. The van der Waals surface area contributed by atoms with Gasteiger partial charge in [-0.25, -0.2) is 0 Å². The van der Waals surface area contributed by atoms with Crippen LogP contribution in [0.15, 0.2) is 22.8 Å². The molecule has 0 radical (unpaired) electrons. The molecule has 2 N–H and O–H groups in total. The van der Waals surface area contributed by atoms with Gasteiger partial charge in [-0.05, 0) is 30.9 Å². The van der Waals surface area contributed by atoms with E-state index in [9.17, 15) is 14.7 Å². The summed E-state index contributed by atoms with van der Waals surface area (Å²) in [6.07, 6.45) is 3.34. The number of likely N-dealkylation sites (tertiary alicyclic amines) is 1. The predicted molar refractivity (Wildman–Crippen MR) is 76.6 cm³/mol. The molecule has 1 aromatic rings. The summed E-state index contributed by atoms with van der Waals surface area (Å²) in [6.45, 7) is 3.21. The van der Waals surface area contributed by atoms with Gasteiger partial charge in [-0.1, -0.05) is 6.92 Å². The first-order valence-corrected chi connectivity index (χ1v) is 7.35. The Balaban J connectivity index is 1.69. The SMILES string of the molecule is CC1CCN(C(=O)CCCNC(=O)c2ccco2)C1CO. The van der Waals surface area contributed by atoms with Crippen LogP contribution in [0.2, 0.25) is 0 Å². The van der Waals surface area contributed by atoms with E-state index >= 15 is 0 Å². The van der Waals surface area contributed by atoms with Crippen LogP contribution in [-0.4, -0.2) is 47.6 Å². The third kappa shape index (κ3) is 3.85. The molecule has 116 valence electrons. The normalized spacial score (nSPS) is 21.5. The topological polar surface area (TPSA) is 82.8 Å². The summed E-state index contributed by atoms with van der Waals surface area (Å²) >= 11 is 0. The molecule has 21 heavy (non-hydrogen) atoms. The van der Waals surface area contributed by atoms with E-state index in [2.05, 4.69) is 12.2 Å². The number of carbonyl (C=O) groups excluding carboxylic acids is 2. The van der Waals surface area contributed by atoms with E-state index in [0.717, 1.165) is 6.42 Å². The molecule has 2 rings (SSSR count). The molecule has 1 aliphatic rings. The Morgan fingerprint density at radius 2 is 2.33 bits per heavy atom. The molecule has 1 aromatic heterocycles. The summed E-state index contributed by atoms with van der Waals surface area (Å²) in [4.78, 5) is 25.5. The van der Waals surface area contributed by atoms with Gasteiger partial charge in [0.25, 0.3) is 5.91 Å². The van der Waals surface area contributed by atoms with Crippen molar-refractivity contribution in [1.29, 1.82) is 0 Å². The van der Waals surface area contributed by atoms with Crippen LogP contribution in [0.5, 0.6) is 0 Å². The van der Waals surface area contributed by atoms with Gasteiger partial charge in [0, 0.05) is 19.5 Å². The lowest BCUT2D eigenvalue weighted by Crippen LogP contribution is -2.40. The molecule has 2 heterocycles. The molecule has 1 fully saturated rings. The third-order valence-electron chi connectivity index (χ3n) is 3.99. The summed E-state index contributed by atoms with van der Waals surface area (Å²) in [5.74, 6) is 0.397. The van der Waals surface area contributed by atoms with E-state index in [0.29, 0.717) is 31.8 Å². The minimum atomic E-state index is -0.268. The number of carbonyl (C=O) groups is 2. The maximum Gasteiger partial charge on any atom is 0.286 e. The van der Waals surface area contributed by atoms with Gasteiger partial charge in [-0.2, -0.15) is 0 Å². The highest BCUT2D eigenvalue weighted by Crippen LogP contribution is 2.24. The van der Waals surface area contributed by atoms with Crippen molar-refractivity contribution in [2.24, 2.45) is 5.92 Å². The highest BCUT2D eigenvalue weighted by molar-refractivity contribution is 5.91. The minimum absolute atomic E-state index is 0.0160. The lowest BCUT2D eigenvalue weighted by Gasteiger charge is -2.25. The first-order valence-electron chi connectivity index (χ1n) is 7.35. The molecule has 1 aliphatic heterocycles. The highest BCUT2D eigenvalue weighted by atomic mass is 16.3. The molecule has 2 atom stereocenters. The Morgan fingerprint density at radius 3 is 3.00 bits per heavy atom. The summed E-state index contributed by atoms with van der Waals surface area (Å²) < 4.78 is 4.98. The zero-order chi connectivity index (χ0) is 15.2. The van der Waals surface area contributed by atoms with Crippen LogP contribution < -0.4 is 5.32 Å². The molecule has 6 nitrogen and oxygen atoms in total. The molecule has 0 bridgehead atoms. The summed E-state index contributed by atoms with van der Waals surface area (Å²) in [5.41, 5.74) is 0. The van der Waals surface area contributed by atoms with Crippen LogP contribution in [0.3, 0.4) is 0 Å². The van der Waals surface area contributed by atoms with Crippen molar-refractivity contribution in [2.75, 3.05) is 19.7 Å². The van der Waals surface area contributed by atoms with E-state index in [1.165, 1.54) is 6.26 Å². The summed E-state index contributed by atoms with van der Waals surface area (Å²) in [5, 5.41) is 12.1. The Morgan fingerprint density at radius 1 is 1.52 bits per heavy atom. The molecule has 0 aliphatic carbocycles. The van der Waals surface area contributed by atoms with E-state index in [1.807, 2.05) is 0 Å². The lowest BCUT2D eigenvalue weighted by molar-refractivity contribution is -0.133. The molecular formula is C15H22N2O4. The fraction of sp³-hybridized carbons (Fsp3) is 0.600. The minimum Gasteiger partial charge on any atom is -0.459 e. The van der Waals surface area contributed by atoms with Crippen molar-refractivity contribution in [3.05, 3.63) is 24.2 Å². The molecule has 0 aromatic carbocycles. The van der Waals surface area contributed by atoms with Crippen molar-refractivity contribution >= 4 is 11.8 Å². The number of rotatable bonds is 6. The van der Waals surface area contributed by atoms with Crippen molar-refractivity contribution in [1.82, 2.24) is 10.2 Å². The largest absolute Gasteiger partial charge is 0.459 e. The van der Waals surface area contributed by atoms with Gasteiger partial charge in [0.05, 0.1) is 18.9 Å². The number of hydrogen-bond acceptors (Lipinski definition) is 4. The van der Waals surface area contributed by atoms with Crippen molar-refractivity contribution in [2.45, 2.75) is 32.2 Å². The number of hydrogen-bond donors (Lipinski definition) is 2. The first kappa shape index (κ1) is 15.6. The Labute approximate surface area is 124 Å². The maximum absolute atomic E-state index is 12.1. The van der Waals surface area contributed by atoms with Gasteiger partial charge < -0.3 is 19.7 Å². The van der Waals surface area contributed by atoms with E-state index in [1.54, 1.807) is 17.0 Å². The van der Waals surface area contributed by atoms with Gasteiger partial charge in [-0.3, -0.25) is 9.59 Å². The number of aliphatic hydroxyl groups is 1. The van der Waals surface area contributed by atoms with Crippen LogP contribution >= 0.6 is 0 Å². The van der Waals surface area contributed by atoms with Gasteiger partial charge >= 0.3 is 0 Å². The molecule has 6 heteroatoms. The van der Waals surface area contributed by atoms with E-state index < -0.39 is 0 Å². The molecule has 0 saturated carbocycles. The van der Waals surface area contributed by atoms with Crippen LogP contribution in [0, 0.1) is 5.92 Å². The second kappa shape index (κ2) is 7.26. The highest BCUT2D eigenvalue weighted by Gasteiger charge is 2.33. The second-order valence-corrected chi connectivity index (χ2v) is 5.44. The fourth-order valence-electron chi connectivity index (χ4n) is 2.68. The van der Waals surface area contributed by atoms with Crippen molar-refractivity contribution < 1.29 is 19.1 Å². The zero-order valence-electron chi connectivity index (χ0n) is 12.2. The third-order valence-corrected chi connectivity index (χ3v) is 3.99. The molecule has 0 spiro atoms. The predicted octanol–water partition coefficient (Wildman–Crippen LogP) is 1.02. The Bertz CT molecular complexity index is 472. The number of furan rings is 1. The van der Waals surface area contributed by atoms with E-state index in [-0.39, 0.29) is 30.2 Å². The van der Waals surface area contributed by atoms with Gasteiger partial charge in [0.15, 0.2) is 5.76 Å². The molecule has 2 amide bonds. The number of nitrogens with one attached hydrogen (secondary N) is 1. The zero-order valence-corrected chi connectivity index (χ0v) is 12.2. The smallest absolute Gasteiger partial charge is 0.286 e. The van der Waals surface area contributed by atoms with Crippen molar-refractivity contribution in [3.8, 4) is 0 Å². The summed E-state index contributed by atoms with van der Waals surface area (Å²) in [6, 6.07) is 3.19. The van der Waals surface area contributed by atoms with Crippen LogP contribution in [0.1, 0.15) is 36.7 Å². The van der Waals surface area contributed by atoms with Crippen LogP contribution in [-0.2, 0) is 4.79 Å². The lowest BCUT2D eigenvalue weighted by atomic mass is 10.0. The van der Waals surface area contributed by atoms with E-state index in [4.69, 9.17) is 4.42 Å². The Kier molecular flexibility index (Phi) is 5.38. The van der Waals surface area contributed by atoms with Crippen LogP contribution in [0.4, 0.5) is 0 Å². The van der Waals surface area contributed by atoms with Crippen molar-refractivity contribution in [3.63, 3.8) is 0 Å². The van der Waals surface area contributed by atoms with Gasteiger partial charge in [-0.15, -0.1) is 0 Å². The summed E-state index contributed by atoms with van der Waals surface area (Å²) in [7, 11) is 0. The maximum atomic E-state index is 12.1. The fourth-order valence-corrected chi connectivity index (χ4v) is 2.68. The number of amides is 2. The average molecular weight is 294 g/mol. The second-order valence-electron chi connectivity index (χ2n) is 5.44. The molecular weight excluding hydrogens is 272 g/mol. The molecule has 1 saturated heterocycles. The quantitative estimate of drug-likeness (QED) is 0.767. The van der Waals surface area contributed by atoms with Gasteiger partial charge in [0.1, 0.15) is 0 Å². The van der Waals surface area contributed by atoms with Gasteiger partial charge in [0.2, 0.25) is 5.91 Å².